The number of hydrogen-bond acceptors (Lipinski definition) is 5. The molecule has 0 heterocycles. The van der Waals surface area contributed by atoms with Gasteiger partial charge in [-0.1, -0.05) is 12.1 Å². The summed E-state index contributed by atoms with van der Waals surface area (Å²) in [7, 11) is 0. The molecule has 0 aromatic heterocycles. The fourth-order valence-electron chi connectivity index (χ4n) is 1.33. The number of rotatable bonds is 7. The van der Waals surface area contributed by atoms with Crippen LogP contribution in [0.3, 0.4) is 0 Å². The first kappa shape index (κ1) is 14.1. The summed E-state index contributed by atoms with van der Waals surface area (Å²) in [6.45, 7) is 2.94. The zero-order valence-corrected chi connectivity index (χ0v) is 10.1. The number of esters is 1. The minimum atomic E-state index is -0.581. The molecule has 18 heavy (non-hydrogen) atoms. The molecule has 0 unspecified atom stereocenters. The number of nitro benzene ring substituents is 1. The maximum Gasteiger partial charge on any atom is 0.311 e. The average molecular weight is 253 g/mol. The number of carbonyl (C=O) groups is 1. The maximum absolute atomic E-state index is 11.5. The van der Waals surface area contributed by atoms with Crippen LogP contribution in [-0.2, 0) is 9.53 Å². The lowest BCUT2D eigenvalue weighted by Crippen LogP contribution is -2.10. The first-order chi connectivity index (χ1) is 8.65. The monoisotopic (exact) mass is 253 g/mol. The molecule has 0 atom stereocenters. The number of ether oxygens (including phenoxy) is 2. The molecule has 1 aromatic rings. The lowest BCUT2D eigenvalue weighted by Gasteiger charge is -2.04. The minimum absolute atomic E-state index is 0.0242. The normalized spacial score (nSPS) is 10.1. The number of nitro groups is 1. The van der Waals surface area contributed by atoms with Crippen molar-refractivity contribution in [2.75, 3.05) is 13.2 Å². The van der Waals surface area contributed by atoms with Crippen LogP contribution < -0.4 is 4.74 Å². The van der Waals surface area contributed by atoms with Crippen LogP contribution in [0.2, 0.25) is 0 Å². The van der Waals surface area contributed by atoms with Gasteiger partial charge in [0.25, 0.3) is 0 Å². The van der Waals surface area contributed by atoms with Gasteiger partial charge in [0.05, 0.1) is 4.92 Å². The topological polar surface area (TPSA) is 78.7 Å². The number of hydrogen-bond donors (Lipinski definition) is 0. The van der Waals surface area contributed by atoms with Crippen molar-refractivity contribution in [2.24, 2.45) is 0 Å². The number of carbonyl (C=O) groups excluding carboxylic acids is 1. The van der Waals surface area contributed by atoms with Crippen molar-refractivity contribution in [3.63, 3.8) is 0 Å². The Morgan fingerprint density at radius 3 is 2.78 bits per heavy atom. The standard InChI is InChI=1S/C12H15NO5/c1-2-17-9-5-8-12(14)18-11-7-4-3-6-10(11)13(15)16/h3-4,6-7H,2,5,8-9H2,1H3. The van der Waals surface area contributed by atoms with Crippen LogP contribution in [0.25, 0.3) is 0 Å². The Bertz CT molecular complexity index is 419. The zero-order valence-electron chi connectivity index (χ0n) is 10.1. The van der Waals surface area contributed by atoms with E-state index in [9.17, 15) is 14.9 Å². The molecule has 0 fully saturated rings. The summed E-state index contributed by atoms with van der Waals surface area (Å²) in [6, 6.07) is 5.79. The molecule has 98 valence electrons. The molecule has 0 spiro atoms. The van der Waals surface area contributed by atoms with Crippen LogP contribution in [0.5, 0.6) is 5.75 Å². The number of nitrogens with zero attached hydrogens (tertiary/aromatic N) is 1. The van der Waals surface area contributed by atoms with E-state index in [-0.39, 0.29) is 17.9 Å². The molecule has 0 bridgehead atoms. The van der Waals surface area contributed by atoms with Crippen molar-refractivity contribution < 1.29 is 19.2 Å². The minimum Gasteiger partial charge on any atom is -0.419 e. The van der Waals surface area contributed by atoms with Crippen molar-refractivity contribution in [1.29, 1.82) is 0 Å². The highest BCUT2D eigenvalue weighted by Gasteiger charge is 2.16. The van der Waals surface area contributed by atoms with Gasteiger partial charge in [-0.15, -0.1) is 0 Å². The van der Waals surface area contributed by atoms with Crippen molar-refractivity contribution in [3.05, 3.63) is 34.4 Å². The molecule has 0 N–H and O–H groups in total. The fourth-order valence-corrected chi connectivity index (χ4v) is 1.33. The average Bonchev–Trinajstić information content (AvgIpc) is 2.35. The summed E-state index contributed by atoms with van der Waals surface area (Å²) in [4.78, 5) is 21.6. The Morgan fingerprint density at radius 2 is 2.11 bits per heavy atom. The van der Waals surface area contributed by atoms with E-state index in [1.165, 1.54) is 18.2 Å². The van der Waals surface area contributed by atoms with Crippen LogP contribution >= 0.6 is 0 Å². The van der Waals surface area contributed by atoms with E-state index in [1.807, 2.05) is 6.92 Å². The van der Waals surface area contributed by atoms with Gasteiger partial charge in [-0.25, -0.2) is 0 Å². The predicted octanol–water partition coefficient (Wildman–Crippen LogP) is 2.32. The first-order valence-corrected chi connectivity index (χ1v) is 5.67. The van der Waals surface area contributed by atoms with E-state index in [2.05, 4.69) is 0 Å². The molecule has 0 aliphatic heterocycles. The van der Waals surface area contributed by atoms with Crippen LogP contribution in [0.4, 0.5) is 5.69 Å². The summed E-state index contributed by atoms with van der Waals surface area (Å²) < 4.78 is 10.0. The quantitative estimate of drug-likeness (QED) is 0.245. The second kappa shape index (κ2) is 7.39. The molecule has 0 aliphatic rings. The summed E-state index contributed by atoms with van der Waals surface area (Å²) in [5.41, 5.74) is -0.212. The van der Waals surface area contributed by atoms with Gasteiger partial charge < -0.3 is 9.47 Å². The predicted molar refractivity (Wildman–Crippen MR) is 64.5 cm³/mol. The van der Waals surface area contributed by atoms with E-state index < -0.39 is 10.9 Å². The van der Waals surface area contributed by atoms with E-state index in [4.69, 9.17) is 9.47 Å². The lowest BCUT2D eigenvalue weighted by molar-refractivity contribution is -0.385. The second-order valence-electron chi connectivity index (χ2n) is 3.50. The van der Waals surface area contributed by atoms with E-state index in [0.29, 0.717) is 19.6 Å². The summed E-state index contributed by atoms with van der Waals surface area (Å²) in [5, 5.41) is 10.7. The third-order valence-electron chi connectivity index (χ3n) is 2.16. The van der Waals surface area contributed by atoms with E-state index in [1.54, 1.807) is 6.07 Å². The third kappa shape index (κ3) is 4.50. The summed E-state index contributed by atoms with van der Waals surface area (Å²) >= 11 is 0. The Hall–Kier alpha value is -1.95. The molecule has 0 aliphatic carbocycles. The first-order valence-electron chi connectivity index (χ1n) is 5.67. The van der Waals surface area contributed by atoms with E-state index >= 15 is 0 Å². The van der Waals surface area contributed by atoms with Gasteiger partial charge in [-0.2, -0.15) is 0 Å². The number of benzene rings is 1. The number of para-hydroxylation sites is 2. The highest BCUT2D eigenvalue weighted by atomic mass is 16.6. The maximum atomic E-state index is 11.5. The van der Waals surface area contributed by atoms with Gasteiger partial charge >= 0.3 is 11.7 Å². The van der Waals surface area contributed by atoms with Crippen molar-refractivity contribution in [1.82, 2.24) is 0 Å². The lowest BCUT2D eigenvalue weighted by atomic mass is 10.3. The van der Waals surface area contributed by atoms with Crippen LogP contribution in [0.15, 0.2) is 24.3 Å². The summed E-state index contributed by atoms with van der Waals surface area (Å²) in [6.07, 6.45) is 0.708. The molecule has 1 aromatic carbocycles. The molecule has 0 amide bonds. The molecule has 1 rings (SSSR count). The molecular formula is C12H15NO5. The highest BCUT2D eigenvalue weighted by molar-refractivity contribution is 5.73. The van der Waals surface area contributed by atoms with Gasteiger partial charge in [0, 0.05) is 25.7 Å². The zero-order chi connectivity index (χ0) is 13.4. The molecule has 0 saturated carbocycles. The van der Waals surface area contributed by atoms with E-state index in [0.717, 1.165) is 0 Å². The summed E-state index contributed by atoms with van der Waals surface area (Å²) in [5.74, 6) is -0.520. The highest BCUT2D eigenvalue weighted by Crippen LogP contribution is 2.26. The molecule has 6 nitrogen and oxygen atoms in total. The van der Waals surface area contributed by atoms with Gasteiger partial charge in [-0.3, -0.25) is 14.9 Å². The molecule has 6 heteroatoms. The smallest absolute Gasteiger partial charge is 0.311 e. The third-order valence-corrected chi connectivity index (χ3v) is 2.16. The Labute approximate surface area is 105 Å². The fraction of sp³-hybridized carbons (Fsp3) is 0.417. The Morgan fingerprint density at radius 1 is 1.39 bits per heavy atom. The SMILES string of the molecule is CCOCCCC(=O)Oc1ccccc1[N+](=O)[O-]. The van der Waals surface area contributed by atoms with Crippen LogP contribution in [0, 0.1) is 10.1 Å². The van der Waals surface area contributed by atoms with Gasteiger partial charge in [0.2, 0.25) is 5.75 Å². The largest absolute Gasteiger partial charge is 0.419 e. The molecular weight excluding hydrogens is 238 g/mol. The Kier molecular flexibility index (Phi) is 5.79. The van der Waals surface area contributed by atoms with Crippen LogP contribution in [0.1, 0.15) is 19.8 Å². The van der Waals surface area contributed by atoms with Crippen molar-refractivity contribution in [3.8, 4) is 5.75 Å². The van der Waals surface area contributed by atoms with Crippen molar-refractivity contribution >= 4 is 11.7 Å². The molecule has 0 radical (unpaired) electrons. The molecule has 0 saturated heterocycles. The van der Waals surface area contributed by atoms with Gasteiger partial charge in [0.1, 0.15) is 0 Å². The van der Waals surface area contributed by atoms with Crippen LogP contribution in [-0.4, -0.2) is 24.1 Å². The Balaban J connectivity index is 2.51. The van der Waals surface area contributed by atoms with Gasteiger partial charge in [-0.05, 0) is 19.4 Å². The van der Waals surface area contributed by atoms with Gasteiger partial charge in [0.15, 0.2) is 0 Å². The second-order valence-corrected chi connectivity index (χ2v) is 3.50. The van der Waals surface area contributed by atoms with Crippen molar-refractivity contribution in [2.45, 2.75) is 19.8 Å².